The van der Waals surface area contributed by atoms with Gasteiger partial charge in [-0.3, -0.25) is 0 Å². The normalized spacial score (nSPS) is 24.9. The lowest BCUT2D eigenvalue weighted by molar-refractivity contribution is 0.159. The highest BCUT2D eigenvalue weighted by Gasteiger charge is 2.24. The summed E-state index contributed by atoms with van der Waals surface area (Å²) >= 11 is 3.56. The third-order valence-electron chi connectivity index (χ3n) is 3.65. The molecule has 0 radical (unpaired) electrons. The first-order valence-corrected chi connectivity index (χ1v) is 6.86. The Labute approximate surface area is 105 Å². The molecular weight excluding hydrogens is 264 g/mol. The van der Waals surface area contributed by atoms with Gasteiger partial charge in [0, 0.05) is 17.1 Å². The first kappa shape index (κ1) is 10.8. The molecule has 16 heavy (non-hydrogen) atoms. The average molecular weight is 281 g/mol. The van der Waals surface area contributed by atoms with Crippen molar-refractivity contribution in [2.45, 2.75) is 18.9 Å². The van der Waals surface area contributed by atoms with Crippen molar-refractivity contribution in [1.82, 2.24) is 10.2 Å². The molecule has 0 saturated carbocycles. The summed E-state index contributed by atoms with van der Waals surface area (Å²) in [7, 11) is 0. The fourth-order valence-corrected chi connectivity index (χ4v) is 3.02. The van der Waals surface area contributed by atoms with E-state index < -0.39 is 0 Å². The molecule has 1 saturated heterocycles. The molecule has 3 rings (SSSR count). The number of nitrogens with one attached hydrogen (secondary N) is 1. The Balaban J connectivity index is 1.81. The maximum Gasteiger partial charge on any atom is 0.0452 e. The highest BCUT2D eigenvalue weighted by Crippen LogP contribution is 2.27. The molecule has 1 N–H and O–H groups in total. The van der Waals surface area contributed by atoms with Crippen molar-refractivity contribution < 1.29 is 0 Å². The first-order valence-electron chi connectivity index (χ1n) is 6.07. The second kappa shape index (κ2) is 4.47. The summed E-state index contributed by atoms with van der Waals surface area (Å²) in [6.45, 7) is 4.85. The standard InChI is InChI=1S/C13H17BrN2/c14-11-2-3-12-10(8-11)4-5-15-13(12)9-16-6-1-7-16/h2-3,8,13,15H,1,4-7,9H2. The van der Waals surface area contributed by atoms with Crippen LogP contribution >= 0.6 is 15.9 Å². The molecule has 2 aliphatic heterocycles. The zero-order valence-corrected chi connectivity index (χ0v) is 11.0. The van der Waals surface area contributed by atoms with Crippen LogP contribution in [0.5, 0.6) is 0 Å². The molecular formula is C13H17BrN2. The lowest BCUT2D eigenvalue weighted by atomic mass is 9.93. The summed E-state index contributed by atoms with van der Waals surface area (Å²) in [4.78, 5) is 2.54. The molecule has 2 nitrogen and oxygen atoms in total. The third kappa shape index (κ3) is 2.04. The Kier molecular flexibility index (Phi) is 3.01. The molecule has 1 atom stereocenters. The van der Waals surface area contributed by atoms with Crippen LogP contribution in [-0.4, -0.2) is 31.1 Å². The van der Waals surface area contributed by atoms with Crippen molar-refractivity contribution in [3.63, 3.8) is 0 Å². The van der Waals surface area contributed by atoms with Gasteiger partial charge in [-0.05, 0) is 55.7 Å². The fourth-order valence-electron chi connectivity index (χ4n) is 2.61. The molecule has 0 aliphatic carbocycles. The summed E-state index contributed by atoms with van der Waals surface area (Å²) < 4.78 is 1.20. The molecule has 0 bridgehead atoms. The van der Waals surface area contributed by atoms with Crippen LogP contribution in [0.2, 0.25) is 0 Å². The molecule has 1 unspecified atom stereocenters. The van der Waals surface area contributed by atoms with Gasteiger partial charge in [-0.2, -0.15) is 0 Å². The van der Waals surface area contributed by atoms with Crippen LogP contribution < -0.4 is 5.32 Å². The van der Waals surface area contributed by atoms with Gasteiger partial charge < -0.3 is 10.2 Å². The van der Waals surface area contributed by atoms with E-state index in [2.05, 4.69) is 44.3 Å². The molecule has 0 amide bonds. The van der Waals surface area contributed by atoms with E-state index in [9.17, 15) is 0 Å². The highest BCUT2D eigenvalue weighted by atomic mass is 79.9. The van der Waals surface area contributed by atoms with Gasteiger partial charge in [0.25, 0.3) is 0 Å². The molecule has 0 aromatic heterocycles. The Morgan fingerprint density at radius 1 is 1.38 bits per heavy atom. The summed E-state index contributed by atoms with van der Waals surface area (Å²) in [5, 5.41) is 3.64. The van der Waals surface area contributed by atoms with E-state index in [1.54, 1.807) is 0 Å². The number of halogens is 1. The molecule has 2 heterocycles. The van der Waals surface area contributed by atoms with Gasteiger partial charge in [0.05, 0.1) is 0 Å². The number of nitrogens with zero attached hydrogens (tertiary/aromatic N) is 1. The van der Waals surface area contributed by atoms with Gasteiger partial charge in [0.15, 0.2) is 0 Å². The molecule has 2 aliphatic rings. The van der Waals surface area contributed by atoms with Crippen molar-refractivity contribution in [3.8, 4) is 0 Å². The van der Waals surface area contributed by atoms with E-state index in [4.69, 9.17) is 0 Å². The van der Waals surface area contributed by atoms with E-state index in [-0.39, 0.29) is 0 Å². The van der Waals surface area contributed by atoms with Crippen molar-refractivity contribution >= 4 is 15.9 Å². The summed E-state index contributed by atoms with van der Waals surface area (Å²) in [6.07, 6.45) is 2.53. The van der Waals surface area contributed by atoms with Crippen LogP contribution in [0.1, 0.15) is 23.6 Å². The Morgan fingerprint density at radius 3 is 3.00 bits per heavy atom. The predicted octanol–water partition coefficient (Wildman–Crippen LogP) is 2.34. The van der Waals surface area contributed by atoms with Crippen molar-refractivity contribution in [1.29, 1.82) is 0 Å². The second-order valence-electron chi connectivity index (χ2n) is 4.75. The average Bonchev–Trinajstić information content (AvgIpc) is 2.23. The zero-order chi connectivity index (χ0) is 11.0. The van der Waals surface area contributed by atoms with Gasteiger partial charge in [-0.1, -0.05) is 22.0 Å². The van der Waals surface area contributed by atoms with E-state index in [1.807, 2.05) is 0 Å². The quantitative estimate of drug-likeness (QED) is 0.895. The van der Waals surface area contributed by atoms with Crippen LogP contribution in [0.25, 0.3) is 0 Å². The molecule has 1 fully saturated rings. The van der Waals surface area contributed by atoms with Crippen LogP contribution in [0, 0.1) is 0 Å². The summed E-state index contributed by atoms with van der Waals surface area (Å²) in [6, 6.07) is 7.25. The number of hydrogen-bond donors (Lipinski definition) is 1. The first-order chi connectivity index (χ1) is 7.83. The van der Waals surface area contributed by atoms with Crippen molar-refractivity contribution in [2.24, 2.45) is 0 Å². The molecule has 1 aromatic rings. The minimum absolute atomic E-state index is 0.539. The lowest BCUT2D eigenvalue weighted by Gasteiger charge is -2.36. The second-order valence-corrected chi connectivity index (χ2v) is 5.67. The minimum Gasteiger partial charge on any atom is -0.309 e. The number of hydrogen-bond acceptors (Lipinski definition) is 2. The van der Waals surface area contributed by atoms with E-state index in [0.29, 0.717) is 6.04 Å². The Bertz CT molecular complexity index is 388. The highest BCUT2D eigenvalue weighted by molar-refractivity contribution is 9.10. The number of benzene rings is 1. The van der Waals surface area contributed by atoms with Crippen molar-refractivity contribution in [2.75, 3.05) is 26.2 Å². The van der Waals surface area contributed by atoms with E-state index in [0.717, 1.165) is 13.0 Å². The topological polar surface area (TPSA) is 15.3 Å². The number of likely N-dealkylation sites (tertiary alicyclic amines) is 1. The van der Waals surface area contributed by atoms with Crippen LogP contribution in [-0.2, 0) is 6.42 Å². The maximum atomic E-state index is 3.64. The fraction of sp³-hybridized carbons (Fsp3) is 0.538. The Hall–Kier alpha value is -0.380. The van der Waals surface area contributed by atoms with Gasteiger partial charge in [0.2, 0.25) is 0 Å². The lowest BCUT2D eigenvalue weighted by Crippen LogP contribution is -2.44. The molecule has 86 valence electrons. The minimum atomic E-state index is 0.539. The third-order valence-corrected chi connectivity index (χ3v) is 4.15. The van der Waals surface area contributed by atoms with E-state index in [1.165, 1.54) is 41.7 Å². The predicted molar refractivity (Wildman–Crippen MR) is 69.6 cm³/mol. The molecule has 1 aromatic carbocycles. The van der Waals surface area contributed by atoms with Crippen LogP contribution in [0.15, 0.2) is 22.7 Å². The van der Waals surface area contributed by atoms with Crippen molar-refractivity contribution in [3.05, 3.63) is 33.8 Å². The maximum absolute atomic E-state index is 3.64. The van der Waals surface area contributed by atoms with Crippen LogP contribution in [0.3, 0.4) is 0 Å². The van der Waals surface area contributed by atoms with Gasteiger partial charge >= 0.3 is 0 Å². The monoisotopic (exact) mass is 280 g/mol. The SMILES string of the molecule is Brc1ccc2c(c1)CCNC2CN1CCC1. The molecule has 3 heteroatoms. The van der Waals surface area contributed by atoms with E-state index >= 15 is 0 Å². The number of rotatable bonds is 2. The summed E-state index contributed by atoms with van der Waals surface area (Å²) in [5.74, 6) is 0. The van der Waals surface area contributed by atoms with Gasteiger partial charge in [-0.25, -0.2) is 0 Å². The largest absolute Gasteiger partial charge is 0.309 e. The Morgan fingerprint density at radius 2 is 2.25 bits per heavy atom. The zero-order valence-electron chi connectivity index (χ0n) is 9.38. The summed E-state index contributed by atoms with van der Waals surface area (Å²) in [5.41, 5.74) is 3.01. The van der Waals surface area contributed by atoms with Crippen LogP contribution in [0.4, 0.5) is 0 Å². The number of fused-ring (bicyclic) bond motifs is 1. The smallest absolute Gasteiger partial charge is 0.0452 e. The van der Waals surface area contributed by atoms with Gasteiger partial charge in [0.1, 0.15) is 0 Å². The molecule has 0 spiro atoms. The van der Waals surface area contributed by atoms with Gasteiger partial charge in [-0.15, -0.1) is 0 Å².